The van der Waals surface area contributed by atoms with Crippen molar-refractivity contribution in [3.63, 3.8) is 0 Å². The third-order valence-corrected chi connectivity index (χ3v) is 4.10. The minimum atomic E-state index is -0.296. The largest absolute Gasteiger partial charge is 0.356 e. The summed E-state index contributed by atoms with van der Waals surface area (Å²) in [5, 5.41) is 9.94. The van der Waals surface area contributed by atoms with Gasteiger partial charge in [0.25, 0.3) is 0 Å². The van der Waals surface area contributed by atoms with Crippen LogP contribution in [-0.4, -0.2) is 11.0 Å². The molecule has 0 fully saturated rings. The van der Waals surface area contributed by atoms with Gasteiger partial charge in [-0.15, -0.1) is 0 Å². The lowest BCUT2D eigenvalue weighted by molar-refractivity contribution is 0.262. The van der Waals surface area contributed by atoms with Crippen LogP contribution in [0.15, 0.2) is 91.1 Å². The number of fused-ring (bicyclic) bond motifs is 1. The number of carbonyl (C=O) groups excluding carboxylic acids is 1. The highest BCUT2D eigenvalue weighted by Crippen LogP contribution is 2.22. The first-order valence-corrected chi connectivity index (χ1v) is 8.62. The molecule has 0 bridgehead atoms. The average Bonchev–Trinajstić information content (AvgIpc) is 2.71. The van der Waals surface area contributed by atoms with Crippen molar-refractivity contribution in [2.45, 2.75) is 0 Å². The Morgan fingerprint density at radius 2 is 1.33 bits per heavy atom. The topological polar surface area (TPSA) is 66.1 Å². The molecule has 132 valence electrons. The van der Waals surface area contributed by atoms with Crippen molar-refractivity contribution in [1.82, 2.24) is 4.98 Å². The second-order valence-electron chi connectivity index (χ2n) is 6.02. The van der Waals surface area contributed by atoms with Crippen LogP contribution in [0, 0.1) is 0 Å². The van der Waals surface area contributed by atoms with E-state index in [9.17, 15) is 4.79 Å². The number of urea groups is 1. The van der Waals surface area contributed by atoms with E-state index in [1.807, 2.05) is 78.9 Å². The first-order chi connectivity index (χ1) is 13.3. The van der Waals surface area contributed by atoms with E-state index >= 15 is 0 Å². The van der Waals surface area contributed by atoms with Crippen LogP contribution in [0.1, 0.15) is 0 Å². The maximum atomic E-state index is 12.3. The van der Waals surface area contributed by atoms with Crippen LogP contribution in [0.5, 0.6) is 0 Å². The molecular formula is C22H18N4O. The van der Waals surface area contributed by atoms with Gasteiger partial charge in [0.1, 0.15) is 0 Å². The van der Waals surface area contributed by atoms with Crippen LogP contribution in [0.4, 0.5) is 27.5 Å². The number of hydrogen-bond acceptors (Lipinski definition) is 3. The predicted molar refractivity (Wildman–Crippen MR) is 111 cm³/mol. The fourth-order valence-electron chi connectivity index (χ4n) is 2.81. The summed E-state index contributed by atoms with van der Waals surface area (Å²) in [7, 11) is 0. The quantitative estimate of drug-likeness (QED) is 0.445. The minimum absolute atomic E-state index is 0.296. The molecular weight excluding hydrogens is 336 g/mol. The second-order valence-corrected chi connectivity index (χ2v) is 6.02. The number of amides is 2. The van der Waals surface area contributed by atoms with Crippen molar-refractivity contribution in [3.8, 4) is 0 Å². The van der Waals surface area contributed by atoms with Crippen LogP contribution in [0.2, 0.25) is 0 Å². The summed E-state index contributed by atoms with van der Waals surface area (Å²) >= 11 is 0. The zero-order valence-corrected chi connectivity index (χ0v) is 14.5. The van der Waals surface area contributed by atoms with Crippen molar-refractivity contribution < 1.29 is 4.79 Å². The molecule has 27 heavy (non-hydrogen) atoms. The van der Waals surface area contributed by atoms with Gasteiger partial charge in [-0.3, -0.25) is 4.98 Å². The van der Waals surface area contributed by atoms with Gasteiger partial charge in [0, 0.05) is 28.6 Å². The Bertz CT molecular complexity index is 1060. The van der Waals surface area contributed by atoms with E-state index in [2.05, 4.69) is 20.9 Å². The van der Waals surface area contributed by atoms with Crippen LogP contribution in [0.25, 0.3) is 10.9 Å². The number of anilines is 4. The maximum absolute atomic E-state index is 12.3. The van der Waals surface area contributed by atoms with Gasteiger partial charge in [0.2, 0.25) is 0 Å². The Balaban J connectivity index is 1.42. The summed E-state index contributed by atoms with van der Waals surface area (Å²) in [6, 6.07) is 26.7. The predicted octanol–water partition coefficient (Wildman–Crippen LogP) is 5.62. The first kappa shape index (κ1) is 16.6. The normalized spacial score (nSPS) is 10.4. The molecule has 0 unspecified atom stereocenters. The minimum Gasteiger partial charge on any atom is -0.356 e. The SMILES string of the molecule is O=C(Nc1ccc(Nc2ccccc2)cc1)Nc1ccnc2ccccc12. The number of pyridine rings is 1. The van der Waals surface area contributed by atoms with Gasteiger partial charge >= 0.3 is 6.03 Å². The highest BCUT2D eigenvalue weighted by Gasteiger charge is 2.06. The number of aromatic nitrogens is 1. The molecule has 3 aromatic carbocycles. The molecule has 0 aliphatic carbocycles. The molecule has 5 nitrogen and oxygen atoms in total. The number of hydrogen-bond donors (Lipinski definition) is 3. The van der Waals surface area contributed by atoms with E-state index in [0.29, 0.717) is 5.69 Å². The number of nitrogens with one attached hydrogen (secondary N) is 3. The molecule has 0 aliphatic rings. The fraction of sp³-hybridized carbons (Fsp3) is 0. The summed E-state index contributed by atoms with van der Waals surface area (Å²) in [6.45, 7) is 0. The molecule has 4 aromatic rings. The standard InChI is InChI=1S/C22H18N4O/c27-22(26-21-14-15-23-20-9-5-4-8-19(20)21)25-18-12-10-17(11-13-18)24-16-6-2-1-3-7-16/h1-15,24H,(H2,23,25,26,27). The molecule has 4 rings (SSSR count). The molecule has 2 amide bonds. The van der Waals surface area contributed by atoms with Gasteiger partial charge in [-0.05, 0) is 48.5 Å². The number of rotatable bonds is 4. The van der Waals surface area contributed by atoms with Gasteiger partial charge in [-0.2, -0.15) is 0 Å². The summed E-state index contributed by atoms with van der Waals surface area (Å²) in [4.78, 5) is 16.6. The fourth-order valence-corrected chi connectivity index (χ4v) is 2.81. The Labute approximate surface area is 157 Å². The smallest absolute Gasteiger partial charge is 0.323 e. The van der Waals surface area contributed by atoms with Crippen molar-refractivity contribution in [2.75, 3.05) is 16.0 Å². The molecule has 5 heteroatoms. The second kappa shape index (κ2) is 7.58. The lowest BCUT2D eigenvalue weighted by Crippen LogP contribution is -2.19. The monoisotopic (exact) mass is 354 g/mol. The number of carbonyl (C=O) groups is 1. The molecule has 0 atom stereocenters. The molecule has 0 saturated carbocycles. The molecule has 1 heterocycles. The van der Waals surface area contributed by atoms with E-state index < -0.39 is 0 Å². The molecule has 3 N–H and O–H groups in total. The summed E-state index contributed by atoms with van der Waals surface area (Å²) in [5.74, 6) is 0. The van der Waals surface area contributed by atoms with Crippen LogP contribution >= 0.6 is 0 Å². The van der Waals surface area contributed by atoms with Crippen molar-refractivity contribution >= 4 is 39.7 Å². The van der Waals surface area contributed by atoms with Crippen LogP contribution in [-0.2, 0) is 0 Å². The van der Waals surface area contributed by atoms with Gasteiger partial charge in [0.05, 0.1) is 11.2 Å². The highest BCUT2D eigenvalue weighted by atomic mass is 16.2. The Hall–Kier alpha value is -3.86. The molecule has 0 spiro atoms. The average molecular weight is 354 g/mol. The third kappa shape index (κ3) is 4.04. The van der Waals surface area contributed by atoms with Crippen molar-refractivity contribution in [1.29, 1.82) is 0 Å². The molecule has 1 aromatic heterocycles. The van der Waals surface area contributed by atoms with E-state index in [-0.39, 0.29) is 6.03 Å². The lowest BCUT2D eigenvalue weighted by Gasteiger charge is -2.11. The maximum Gasteiger partial charge on any atom is 0.323 e. The Morgan fingerprint density at radius 1 is 0.667 bits per heavy atom. The lowest BCUT2D eigenvalue weighted by atomic mass is 10.2. The van der Waals surface area contributed by atoms with Crippen molar-refractivity contribution in [2.24, 2.45) is 0 Å². The summed E-state index contributed by atoms with van der Waals surface area (Å²) in [5.41, 5.74) is 4.24. The van der Waals surface area contributed by atoms with Crippen molar-refractivity contribution in [3.05, 3.63) is 91.1 Å². The van der Waals surface area contributed by atoms with E-state index in [1.54, 1.807) is 12.3 Å². The van der Waals surface area contributed by atoms with Crippen LogP contribution < -0.4 is 16.0 Å². The molecule has 0 saturated heterocycles. The van der Waals surface area contributed by atoms with Gasteiger partial charge in [-0.25, -0.2) is 4.79 Å². The number of nitrogens with zero attached hydrogens (tertiary/aromatic N) is 1. The Kier molecular flexibility index (Phi) is 4.66. The van der Waals surface area contributed by atoms with Gasteiger partial charge < -0.3 is 16.0 Å². The van der Waals surface area contributed by atoms with Gasteiger partial charge in [-0.1, -0.05) is 36.4 Å². The van der Waals surface area contributed by atoms with E-state index in [1.165, 1.54) is 0 Å². The first-order valence-electron chi connectivity index (χ1n) is 8.62. The van der Waals surface area contributed by atoms with E-state index in [4.69, 9.17) is 0 Å². The molecule has 0 aliphatic heterocycles. The number of para-hydroxylation sites is 2. The summed E-state index contributed by atoms with van der Waals surface area (Å²) < 4.78 is 0. The zero-order valence-electron chi connectivity index (χ0n) is 14.5. The Morgan fingerprint density at radius 3 is 2.15 bits per heavy atom. The summed E-state index contributed by atoms with van der Waals surface area (Å²) in [6.07, 6.45) is 1.68. The van der Waals surface area contributed by atoms with Gasteiger partial charge in [0.15, 0.2) is 0 Å². The number of benzene rings is 3. The van der Waals surface area contributed by atoms with Crippen LogP contribution in [0.3, 0.4) is 0 Å². The zero-order chi connectivity index (χ0) is 18.5. The van der Waals surface area contributed by atoms with E-state index in [0.717, 1.165) is 28.0 Å². The highest BCUT2D eigenvalue weighted by molar-refractivity contribution is 6.05. The third-order valence-electron chi connectivity index (χ3n) is 4.10. The molecule has 0 radical (unpaired) electrons.